The zero-order valence-electron chi connectivity index (χ0n) is 12.0. The highest BCUT2D eigenvalue weighted by molar-refractivity contribution is 4.93. The largest absolute Gasteiger partial charge is 0.330 e. The van der Waals surface area contributed by atoms with E-state index in [0.29, 0.717) is 0 Å². The third-order valence-corrected chi connectivity index (χ3v) is 5.62. The molecule has 4 rings (SSSR count). The van der Waals surface area contributed by atoms with Gasteiger partial charge in [-0.15, -0.1) is 0 Å². The second-order valence-electron chi connectivity index (χ2n) is 7.05. The summed E-state index contributed by atoms with van der Waals surface area (Å²) in [6.45, 7) is 5.49. The fourth-order valence-corrected chi connectivity index (χ4v) is 4.19. The van der Waals surface area contributed by atoms with E-state index in [1.807, 2.05) is 4.90 Å². The van der Waals surface area contributed by atoms with Crippen LogP contribution in [0.2, 0.25) is 0 Å². The van der Waals surface area contributed by atoms with Gasteiger partial charge in [-0.3, -0.25) is 0 Å². The first-order valence-electron chi connectivity index (χ1n) is 8.45. The van der Waals surface area contributed by atoms with Gasteiger partial charge in [-0.1, -0.05) is 12.8 Å². The van der Waals surface area contributed by atoms with Crippen LogP contribution in [0.1, 0.15) is 64.2 Å². The van der Waals surface area contributed by atoms with Gasteiger partial charge in [-0.25, -0.2) is 0 Å². The number of hydrogen-bond acceptors (Lipinski definition) is 1. The van der Waals surface area contributed by atoms with E-state index in [0.717, 1.165) is 11.5 Å². The molecular formula is C16H31N2+. The molecule has 0 spiro atoms. The van der Waals surface area contributed by atoms with Crippen molar-refractivity contribution < 1.29 is 4.90 Å². The zero-order chi connectivity index (χ0) is 12.3. The quantitative estimate of drug-likeness (QED) is 0.764. The van der Waals surface area contributed by atoms with Gasteiger partial charge in [0.25, 0.3) is 0 Å². The van der Waals surface area contributed by atoms with Crippen LogP contribution in [0.15, 0.2) is 0 Å². The fraction of sp³-hybridized carbons (Fsp3) is 1.00. The molecule has 2 nitrogen and oxygen atoms in total. The van der Waals surface area contributed by atoms with Gasteiger partial charge in [0.15, 0.2) is 0 Å². The molecular weight excluding hydrogens is 220 g/mol. The van der Waals surface area contributed by atoms with Crippen LogP contribution < -0.4 is 10.2 Å². The molecule has 0 aromatic heterocycles. The molecule has 3 aliphatic heterocycles. The molecule has 2 unspecified atom stereocenters. The van der Waals surface area contributed by atoms with Crippen LogP contribution in [0.25, 0.3) is 0 Å². The highest BCUT2D eigenvalue weighted by Crippen LogP contribution is 2.41. The van der Waals surface area contributed by atoms with Crippen molar-refractivity contribution in [1.29, 1.82) is 0 Å². The van der Waals surface area contributed by atoms with E-state index < -0.39 is 0 Å². The average Bonchev–Trinajstić information content (AvgIpc) is 3.15. The number of rotatable bonds is 2. The number of fused-ring (bicyclic) bond motifs is 1. The normalized spacial score (nSPS) is 39.0. The Balaban J connectivity index is 0.000000125. The van der Waals surface area contributed by atoms with Gasteiger partial charge >= 0.3 is 0 Å². The van der Waals surface area contributed by atoms with Gasteiger partial charge in [0.2, 0.25) is 0 Å². The van der Waals surface area contributed by atoms with Crippen molar-refractivity contribution >= 4 is 0 Å². The molecule has 0 bridgehead atoms. The third-order valence-electron chi connectivity index (χ3n) is 5.62. The van der Waals surface area contributed by atoms with Crippen molar-refractivity contribution in [2.45, 2.75) is 69.7 Å². The highest BCUT2D eigenvalue weighted by atomic mass is 15.3. The Morgan fingerprint density at radius 1 is 0.889 bits per heavy atom. The minimum atomic E-state index is 0.834. The molecule has 1 aliphatic carbocycles. The smallest absolute Gasteiger partial charge is 0.104 e. The van der Waals surface area contributed by atoms with Gasteiger partial charge < -0.3 is 10.2 Å². The monoisotopic (exact) mass is 251 g/mol. The van der Waals surface area contributed by atoms with E-state index in [9.17, 15) is 0 Å². The van der Waals surface area contributed by atoms with Crippen molar-refractivity contribution in [2.75, 3.05) is 26.2 Å². The molecule has 2 N–H and O–H groups in total. The lowest BCUT2D eigenvalue weighted by Crippen LogP contribution is -3.24. The standard InChI is InChI=1S/C10H17N.C6H13N/c1-4-10(8-9-2-3-9)5-7-11(10)6-1;1-2-4-6-7-5-3-1/h9H,1-8H2;7H,1-6H2/p+1. The van der Waals surface area contributed by atoms with Crippen LogP contribution in [-0.2, 0) is 0 Å². The number of quaternary nitrogens is 1. The van der Waals surface area contributed by atoms with Gasteiger partial charge in [0.05, 0.1) is 19.5 Å². The Kier molecular flexibility index (Phi) is 4.25. The molecule has 0 aromatic rings. The first kappa shape index (κ1) is 12.9. The van der Waals surface area contributed by atoms with Crippen LogP contribution >= 0.6 is 0 Å². The molecule has 3 heterocycles. The van der Waals surface area contributed by atoms with Crippen LogP contribution in [0.4, 0.5) is 0 Å². The summed E-state index contributed by atoms with van der Waals surface area (Å²) in [5, 5.41) is 3.35. The minimum absolute atomic E-state index is 0.834. The molecule has 4 aliphatic rings. The molecule has 18 heavy (non-hydrogen) atoms. The second-order valence-corrected chi connectivity index (χ2v) is 7.05. The lowest BCUT2D eigenvalue weighted by atomic mass is 9.80. The molecule has 0 radical (unpaired) electrons. The maximum Gasteiger partial charge on any atom is 0.104 e. The Bertz CT molecular complexity index is 242. The van der Waals surface area contributed by atoms with E-state index in [-0.39, 0.29) is 0 Å². The van der Waals surface area contributed by atoms with Crippen LogP contribution in [0.3, 0.4) is 0 Å². The Morgan fingerprint density at radius 3 is 2.22 bits per heavy atom. The van der Waals surface area contributed by atoms with E-state index >= 15 is 0 Å². The molecule has 104 valence electrons. The molecule has 4 fully saturated rings. The molecule has 0 amide bonds. The van der Waals surface area contributed by atoms with Gasteiger partial charge in [0, 0.05) is 19.3 Å². The summed E-state index contributed by atoms with van der Waals surface area (Å²) in [5.74, 6) is 1.16. The first-order chi connectivity index (χ1) is 8.89. The highest BCUT2D eigenvalue weighted by Gasteiger charge is 2.54. The maximum absolute atomic E-state index is 3.35. The molecule has 1 saturated carbocycles. The van der Waals surface area contributed by atoms with Gasteiger partial charge in [0.1, 0.15) is 5.54 Å². The maximum atomic E-state index is 3.35. The molecule has 2 heteroatoms. The van der Waals surface area contributed by atoms with Crippen LogP contribution in [-0.4, -0.2) is 31.7 Å². The molecule has 0 aromatic carbocycles. The SMILES string of the molecule is C1CCCNCC1.C1C[NH+]2CCC2(CC2CC2)C1. The fourth-order valence-electron chi connectivity index (χ4n) is 4.19. The summed E-state index contributed by atoms with van der Waals surface area (Å²) >= 11 is 0. The van der Waals surface area contributed by atoms with Gasteiger partial charge in [-0.05, 0) is 44.7 Å². The van der Waals surface area contributed by atoms with Crippen LogP contribution in [0, 0.1) is 5.92 Å². The number of nitrogens with one attached hydrogen (secondary N) is 2. The Morgan fingerprint density at radius 2 is 1.67 bits per heavy atom. The first-order valence-corrected chi connectivity index (χ1v) is 8.45. The topological polar surface area (TPSA) is 16.5 Å². The summed E-state index contributed by atoms with van der Waals surface area (Å²) in [5.41, 5.74) is 0.834. The minimum Gasteiger partial charge on any atom is -0.330 e. The van der Waals surface area contributed by atoms with Crippen LogP contribution in [0.5, 0.6) is 0 Å². The summed E-state index contributed by atoms with van der Waals surface area (Å²) in [6.07, 6.45) is 15.0. The van der Waals surface area contributed by atoms with E-state index in [1.54, 1.807) is 32.1 Å². The zero-order valence-corrected chi connectivity index (χ0v) is 12.0. The lowest BCUT2D eigenvalue weighted by molar-refractivity contribution is -0.984. The summed E-state index contributed by atoms with van der Waals surface area (Å²) in [6, 6.07) is 0. The van der Waals surface area contributed by atoms with Crippen molar-refractivity contribution in [3.05, 3.63) is 0 Å². The van der Waals surface area contributed by atoms with Crippen molar-refractivity contribution in [3.63, 3.8) is 0 Å². The molecule has 2 atom stereocenters. The summed E-state index contributed by atoms with van der Waals surface area (Å²) in [4.78, 5) is 1.96. The second kappa shape index (κ2) is 5.92. The average molecular weight is 251 g/mol. The Labute approximate surface area is 113 Å². The predicted octanol–water partition coefficient (Wildman–Crippen LogP) is 1.76. The van der Waals surface area contributed by atoms with Crippen molar-refractivity contribution in [2.24, 2.45) is 5.92 Å². The Hall–Kier alpha value is -0.0800. The van der Waals surface area contributed by atoms with Crippen molar-refractivity contribution in [1.82, 2.24) is 5.32 Å². The van der Waals surface area contributed by atoms with Gasteiger partial charge in [-0.2, -0.15) is 0 Å². The lowest BCUT2D eigenvalue weighted by Gasteiger charge is -2.44. The summed E-state index contributed by atoms with van der Waals surface area (Å²) in [7, 11) is 0. The van der Waals surface area contributed by atoms with E-state index in [4.69, 9.17) is 0 Å². The van der Waals surface area contributed by atoms with Crippen molar-refractivity contribution in [3.8, 4) is 0 Å². The van der Waals surface area contributed by atoms with E-state index in [1.165, 1.54) is 58.3 Å². The third kappa shape index (κ3) is 3.08. The molecule has 3 saturated heterocycles. The van der Waals surface area contributed by atoms with E-state index in [2.05, 4.69) is 5.32 Å². The predicted molar refractivity (Wildman–Crippen MR) is 76.0 cm³/mol. The summed E-state index contributed by atoms with van der Waals surface area (Å²) < 4.78 is 0. The number of hydrogen-bond donors (Lipinski definition) is 2.